The molecule has 0 saturated carbocycles. The number of rotatable bonds is 8. The maximum absolute atomic E-state index is 13.9. The van der Waals surface area contributed by atoms with Crippen molar-refractivity contribution in [3.05, 3.63) is 29.6 Å². The number of likely N-dealkylation sites (tertiary alicyclic amines) is 1. The number of nitrogens with one attached hydrogen (secondary N) is 3. The third-order valence-corrected chi connectivity index (χ3v) is 5.86. The number of guanidine groups is 1. The minimum atomic E-state index is -3.29. The Balaban J connectivity index is 1.79. The predicted octanol–water partition coefficient (Wildman–Crippen LogP) is 1.29. The lowest BCUT2D eigenvalue weighted by molar-refractivity contribution is 0.198. The van der Waals surface area contributed by atoms with Crippen LogP contribution >= 0.6 is 0 Å². The highest BCUT2D eigenvalue weighted by Crippen LogP contribution is 2.20. The molecule has 1 saturated heterocycles. The highest BCUT2D eigenvalue weighted by Gasteiger charge is 2.24. The molecule has 3 N–H and O–H groups in total. The van der Waals surface area contributed by atoms with E-state index < -0.39 is 15.6 Å². The third kappa shape index (κ3) is 8.08. The first kappa shape index (κ1) is 24.4. The molecule has 0 aromatic heterocycles. The van der Waals surface area contributed by atoms with E-state index in [9.17, 15) is 12.8 Å². The molecule has 0 amide bonds. The van der Waals surface area contributed by atoms with Crippen molar-refractivity contribution in [2.24, 2.45) is 4.99 Å². The zero-order valence-corrected chi connectivity index (χ0v) is 19.3. The Morgan fingerprint density at radius 2 is 2.00 bits per heavy atom. The van der Waals surface area contributed by atoms with Crippen molar-refractivity contribution in [1.82, 2.24) is 20.3 Å². The predicted molar refractivity (Wildman–Crippen MR) is 118 cm³/mol. The molecule has 1 fully saturated rings. The molecule has 170 valence electrons. The van der Waals surface area contributed by atoms with Gasteiger partial charge in [-0.3, -0.25) is 9.89 Å². The number of aliphatic imine (C=N–C) groups is 1. The Morgan fingerprint density at radius 1 is 1.33 bits per heavy atom. The van der Waals surface area contributed by atoms with E-state index in [0.717, 1.165) is 37.8 Å². The van der Waals surface area contributed by atoms with Gasteiger partial charge in [-0.25, -0.2) is 17.5 Å². The summed E-state index contributed by atoms with van der Waals surface area (Å²) in [5, 5.41) is 6.60. The average molecular weight is 444 g/mol. The van der Waals surface area contributed by atoms with Crippen LogP contribution < -0.4 is 20.1 Å². The molecule has 0 bridgehead atoms. The van der Waals surface area contributed by atoms with Crippen LogP contribution in [0.5, 0.6) is 5.75 Å². The summed E-state index contributed by atoms with van der Waals surface area (Å²) in [6.45, 7) is 6.52. The quantitative estimate of drug-likeness (QED) is 0.414. The number of methoxy groups -OCH3 is 1. The van der Waals surface area contributed by atoms with E-state index in [1.54, 1.807) is 13.1 Å². The van der Waals surface area contributed by atoms with Crippen molar-refractivity contribution < 1.29 is 17.5 Å². The number of sulfonamides is 1. The molecule has 1 heterocycles. The van der Waals surface area contributed by atoms with Gasteiger partial charge in [0.15, 0.2) is 17.5 Å². The Bertz CT molecular complexity index is 837. The van der Waals surface area contributed by atoms with Gasteiger partial charge in [-0.1, -0.05) is 6.07 Å². The first-order valence-corrected chi connectivity index (χ1v) is 11.9. The van der Waals surface area contributed by atoms with Gasteiger partial charge in [0.1, 0.15) is 0 Å². The van der Waals surface area contributed by atoms with Gasteiger partial charge in [-0.05, 0) is 44.4 Å². The van der Waals surface area contributed by atoms with E-state index >= 15 is 0 Å². The van der Waals surface area contributed by atoms with Crippen LogP contribution in [0.15, 0.2) is 23.2 Å². The smallest absolute Gasteiger partial charge is 0.209 e. The highest BCUT2D eigenvalue weighted by atomic mass is 32.2. The van der Waals surface area contributed by atoms with Crippen LogP contribution in [0.4, 0.5) is 4.39 Å². The van der Waals surface area contributed by atoms with E-state index in [4.69, 9.17) is 4.74 Å². The number of piperidine rings is 1. The summed E-state index contributed by atoms with van der Waals surface area (Å²) in [7, 11) is -0.134. The number of hydrogen-bond donors (Lipinski definition) is 3. The van der Waals surface area contributed by atoms with Crippen LogP contribution in [0.3, 0.4) is 0 Å². The van der Waals surface area contributed by atoms with Crippen molar-refractivity contribution in [2.45, 2.75) is 44.8 Å². The van der Waals surface area contributed by atoms with Crippen LogP contribution in [0, 0.1) is 5.82 Å². The highest BCUT2D eigenvalue weighted by molar-refractivity contribution is 7.88. The molecule has 1 aromatic carbocycles. The topological polar surface area (TPSA) is 95.1 Å². The van der Waals surface area contributed by atoms with Crippen LogP contribution in [-0.2, 0) is 16.6 Å². The Morgan fingerprint density at radius 3 is 2.53 bits per heavy atom. The van der Waals surface area contributed by atoms with Crippen LogP contribution in [-0.4, -0.2) is 70.9 Å². The van der Waals surface area contributed by atoms with Gasteiger partial charge in [0.25, 0.3) is 0 Å². The summed E-state index contributed by atoms with van der Waals surface area (Å²) in [6, 6.07) is 5.35. The van der Waals surface area contributed by atoms with E-state index in [2.05, 4.69) is 25.2 Å². The Hall–Kier alpha value is -1.91. The van der Waals surface area contributed by atoms with E-state index in [1.807, 2.05) is 19.9 Å². The van der Waals surface area contributed by atoms with Crippen molar-refractivity contribution in [1.29, 1.82) is 0 Å². The molecule has 0 unspecified atom stereocenters. The minimum Gasteiger partial charge on any atom is -0.494 e. The molecule has 0 atom stereocenters. The second-order valence-electron chi connectivity index (χ2n) is 8.35. The SMILES string of the molecule is CN=C(NCC(C)(C)NS(C)(=O)=O)NC1CCN(Cc2ccc(OC)c(F)c2)CC1. The maximum atomic E-state index is 13.9. The van der Waals surface area contributed by atoms with Crippen molar-refractivity contribution in [3.63, 3.8) is 0 Å². The van der Waals surface area contributed by atoms with E-state index in [0.29, 0.717) is 19.0 Å². The van der Waals surface area contributed by atoms with Crippen molar-refractivity contribution in [2.75, 3.05) is 40.0 Å². The van der Waals surface area contributed by atoms with E-state index in [-0.39, 0.29) is 17.6 Å². The van der Waals surface area contributed by atoms with Gasteiger partial charge < -0.3 is 15.4 Å². The molecule has 1 aromatic rings. The van der Waals surface area contributed by atoms with Gasteiger partial charge in [-0.2, -0.15) is 0 Å². The molecule has 8 nitrogen and oxygen atoms in total. The fourth-order valence-corrected chi connectivity index (χ4v) is 4.61. The lowest BCUT2D eigenvalue weighted by Crippen LogP contribution is -2.55. The number of ether oxygens (including phenoxy) is 1. The maximum Gasteiger partial charge on any atom is 0.209 e. The normalized spacial score (nSPS) is 17.1. The second kappa shape index (κ2) is 10.4. The molecule has 0 aliphatic carbocycles. The van der Waals surface area contributed by atoms with E-state index in [1.165, 1.54) is 13.2 Å². The molecule has 1 aliphatic heterocycles. The fourth-order valence-electron chi connectivity index (χ4n) is 3.53. The monoisotopic (exact) mass is 443 g/mol. The summed E-state index contributed by atoms with van der Waals surface area (Å²) >= 11 is 0. The van der Waals surface area contributed by atoms with Crippen molar-refractivity contribution >= 4 is 16.0 Å². The lowest BCUT2D eigenvalue weighted by Gasteiger charge is -2.33. The average Bonchev–Trinajstić information content (AvgIpc) is 2.65. The van der Waals surface area contributed by atoms with Gasteiger partial charge in [0.2, 0.25) is 10.0 Å². The zero-order valence-electron chi connectivity index (χ0n) is 18.5. The minimum absolute atomic E-state index is 0.260. The fraction of sp³-hybridized carbons (Fsp3) is 0.650. The summed E-state index contributed by atoms with van der Waals surface area (Å²) in [5.74, 6) is 0.569. The van der Waals surface area contributed by atoms with Gasteiger partial charge >= 0.3 is 0 Å². The summed E-state index contributed by atoms with van der Waals surface area (Å²) in [5.41, 5.74) is 0.292. The Labute approximate surface area is 179 Å². The van der Waals surface area contributed by atoms with Crippen LogP contribution in [0.1, 0.15) is 32.3 Å². The molecule has 2 rings (SSSR count). The summed E-state index contributed by atoms with van der Waals surface area (Å²) in [6.07, 6.45) is 3.02. The lowest BCUT2D eigenvalue weighted by atomic mass is 10.0. The second-order valence-corrected chi connectivity index (χ2v) is 10.1. The molecular weight excluding hydrogens is 409 g/mol. The third-order valence-electron chi connectivity index (χ3n) is 4.93. The summed E-state index contributed by atoms with van der Waals surface area (Å²) in [4.78, 5) is 6.54. The number of hydrogen-bond acceptors (Lipinski definition) is 5. The van der Waals surface area contributed by atoms with Gasteiger partial charge in [0.05, 0.1) is 13.4 Å². The summed E-state index contributed by atoms with van der Waals surface area (Å²) < 4.78 is 44.4. The first-order valence-electron chi connectivity index (χ1n) is 10.0. The largest absolute Gasteiger partial charge is 0.494 e. The van der Waals surface area contributed by atoms with Crippen molar-refractivity contribution in [3.8, 4) is 5.75 Å². The molecule has 0 radical (unpaired) electrons. The van der Waals surface area contributed by atoms with Gasteiger partial charge in [0, 0.05) is 44.8 Å². The molecule has 0 spiro atoms. The zero-order chi connectivity index (χ0) is 22.4. The van der Waals surface area contributed by atoms with Gasteiger partial charge in [-0.15, -0.1) is 0 Å². The van der Waals surface area contributed by atoms with Crippen LogP contribution in [0.25, 0.3) is 0 Å². The standard InChI is InChI=1S/C20H34FN5O3S/c1-20(2,25-30(5,27)28)14-23-19(22-3)24-16-8-10-26(11-9-16)13-15-6-7-18(29-4)17(21)12-15/h6-7,12,16,25H,8-11,13-14H2,1-5H3,(H2,22,23,24). The number of halogens is 1. The number of benzene rings is 1. The number of nitrogens with zero attached hydrogens (tertiary/aromatic N) is 2. The molecular formula is C20H34FN5O3S. The molecule has 10 heteroatoms. The van der Waals surface area contributed by atoms with Crippen LogP contribution in [0.2, 0.25) is 0 Å². The Kier molecular flexibility index (Phi) is 8.45. The first-order chi connectivity index (χ1) is 14.0. The molecule has 30 heavy (non-hydrogen) atoms. The molecule has 1 aliphatic rings.